The van der Waals surface area contributed by atoms with E-state index >= 15 is 0 Å². The van der Waals surface area contributed by atoms with Crippen LogP contribution in [0.25, 0.3) is 0 Å². The van der Waals surface area contributed by atoms with Crippen LogP contribution in [-0.2, 0) is 27.4 Å². The van der Waals surface area contributed by atoms with Crippen molar-refractivity contribution in [3.8, 4) is 0 Å². The third-order valence-electron chi connectivity index (χ3n) is 5.31. The van der Waals surface area contributed by atoms with E-state index in [2.05, 4.69) is 48.5 Å². The molecule has 0 aromatic heterocycles. The molecule has 28 heavy (non-hydrogen) atoms. The van der Waals surface area contributed by atoms with E-state index in [0.29, 0.717) is 25.2 Å². The number of benzene rings is 1. The second-order valence-electron chi connectivity index (χ2n) is 7.72. The van der Waals surface area contributed by atoms with Gasteiger partial charge in [0.05, 0.1) is 25.9 Å². The van der Waals surface area contributed by atoms with Gasteiger partial charge in [0.15, 0.2) is 5.96 Å². The standard InChI is InChI=1S/C22H35N3O3/c1-3-23-22(25(2)15-20-7-10-27-16-20)24-14-18-5-4-6-19(13-18)17-28-21-8-11-26-12-9-21/h4-6,13,20-21H,3,7-12,14-17H2,1-2H3,(H,23,24). The first kappa shape index (κ1) is 21.1. The van der Waals surface area contributed by atoms with Crippen molar-refractivity contribution in [2.24, 2.45) is 10.9 Å². The quantitative estimate of drug-likeness (QED) is 0.547. The normalized spacial score (nSPS) is 21.1. The maximum Gasteiger partial charge on any atom is 0.193 e. The maximum atomic E-state index is 6.05. The van der Waals surface area contributed by atoms with Gasteiger partial charge in [-0.25, -0.2) is 4.99 Å². The van der Waals surface area contributed by atoms with Gasteiger partial charge < -0.3 is 24.4 Å². The van der Waals surface area contributed by atoms with Gasteiger partial charge in [0.25, 0.3) is 0 Å². The Morgan fingerprint density at radius 3 is 2.71 bits per heavy atom. The fourth-order valence-electron chi connectivity index (χ4n) is 3.71. The molecule has 2 aliphatic heterocycles. The minimum Gasteiger partial charge on any atom is -0.381 e. The smallest absolute Gasteiger partial charge is 0.193 e. The average Bonchev–Trinajstić information content (AvgIpc) is 3.23. The molecule has 2 saturated heterocycles. The largest absolute Gasteiger partial charge is 0.381 e. The molecule has 6 heteroatoms. The number of ether oxygens (including phenoxy) is 3. The minimum atomic E-state index is 0.323. The average molecular weight is 390 g/mol. The first-order valence-corrected chi connectivity index (χ1v) is 10.6. The van der Waals surface area contributed by atoms with Gasteiger partial charge in [-0.2, -0.15) is 0 Å². The van der Waals surface area contributed by atoms with Crippen molar-refractivity contribution >= 4 is 5.96 Å². The number of nitrogens with zero attached hydrogens (tertiary/aromatic N) is 2. The molecule has 0 spiro atoms. The van der Waals surface area contributed by atoms with Crippen molar-refractivity contribution in [3.05, 3.63) is 35.4 Å². The van der Waals surface area contributed by atoms with Crippen LogP contribution in [0.2, 0.25) is 0 Å². The Bertz CT molecular complexity index is 611. The van der Waals surface area contributed by atoms with Crippen LogP contribution in [0.5, 0.6) is 0 Å². The molecule has 156 valence electrons. The highest BCUT2D eigenvalue weighted by molar-refractivity contribution is 5.79. The number of nitrogens with one attached hydrogen (secondary N) is 1. The van der Waals surface area contributed by atoms with Crippen LogP contribution in [0.1, 0.15) is 37.3 Å². The summed E-state index contributed by atoms with van der Waals surface area (Å²) in [5.74, 6) is 1.55. The SMILES string of the molecule is CCNC(=NCc1cccc(COC2CCOCC2)c1)N(C)CC1CCOC1. The molecule has 1 atom stereocenters. The number of rotatable bonds is 8. The molecule has 0 bridgehead atoms. The van der Waals surface area contributed by atoms with Crippen LogP contribution in [0.3, 0.4) is 0 Å². The summed E-state index contributed by atoms with van der Waals surface area (Å²) in [5, 5.41) is 3.41. The summed E-state index contributed by atoms with van der Waals surface area (Å²) in [4.78, 5) is 7.07. The molecule has 2 aliphatic rings. The predicted octanol–water partition coefficient (Wildman–Crippen LogP) is 2.82. The van der Waals surface area contributed by atoms with E-state index in [0.717, 1.165) is 64.7 Å². The van der Waals surface area contributed by atoms with Crippen LogP contribution < -0.4 is 5.32 Å². The van der Waals surface area contributed by atoms with E-state index in [-0.39, 0.29) is 0 Å². The van der Waals surface area contributed by atoms with Crippen molar-refractivity contribution in [1.82, 2.24) is 10.2 Å². The van der Waals surface area contributed by atoms with E-state index in [1.165, 1.54) is 11.1 Å². The van der Waals surface area contributed by atoms with Gasteiger partial charge in [-0.3, -0.25) is 0 Å². The van der Waals surface area contributed by atoms with E-state index in [1.54, 1.807) is 0 Å². The van der Waals surface area contributed by atoms with Crippen molar-refractivity contribution in [2.75, 3.05) is 46.6 Å². The van der Waals surface area contributed by atoms with E-state index in [1.807, 2.05) is 0 Å². The number of aliphatic imine (C=N–C) groups is 1. The molecule has 2 fully saturated rings. The van der Waals surface area contributed by atoms with Crippen LogP contribution in [0, 0.1) is 5.92 Å². The molecular formula is C22H35N3O3. The highest BCUT2D eigenvalue weighted by Gasteiger charge is 2.19. The third kappa shape index (κ3) is 6.76. The molecular weight excluding hydrogens is 354 g/mol. The van der Waals surface area contributed by atoms with Gasteiger partial charge >= 0.3 is 0 Å². The zero-order valence-corrected chi connectivity index (χ0v) is 17.4. The topological polar surface area (TPSA) is 55.3 Å². The molecule has 0 saturated carbocycles. The third-order valence-corrected chi connectivity index (χ3v) is 5.31. The summed E-state index contributed by atoms with van der Waals surface area (Å²) >= 11 is 0. The highest BCUT2D eigenvalue weighted by atomic mass is 16.5. The van der Waals surface area contributed by atoms with Crippen LogP contribution >= 0.6 is 0 Å². The number of hydrogen-bond acceptors (Lipinski definition) is 4. The second-order valence-corrected chi connectivity index (χ2v) is 7.72. The Kier molecular flexibility index (Phi) is 8.58. The van der Waals surface area contributed by atoms with Gasteiger partial charge in [0.1, 0.15) is 0 Å². The lowest BCUT2D eigenvalue weighted by atomic mass is 10.1. The predicted molar refractivity (Wildman–Crippen MR) is 111 cm³/mol. The van der Waals surface area contributed by atoms with Crippen LogP contribution in [-0.4, -0.2) is 63.5 Å². The lowest BCUT2D eigenvalue weighted by Gasteiger charge is -2.24. The lowest BCUT2D eigenvalue weighted by molar-refractivity contribution is -0.0390. The van der Waals surface area contributed by atoms with Crippen LogP contribution in [0.15, 0.2) is 29.3 Å². The van der Waals surface area contributed by atoms with Crippen molar-refractivity contribution in [3.63, 3.8) is 0 Å². The molecule has 0 amide bonds. The molecule has 2 heterocycles. The van der Waals surface area contributed by atoms with Crippen molar-refractivity contribution < 1.29 is 14.2 Å². The first-order chi connectivity index (χ1) is 13.7. The summed E-state index contributed by atoms with van der Waals surface area (Å²) in [6, 6.07) is 8.57. The summed E-state index contributed by atoms with van der Waals surface area (Å²) < 4.78 is 16.9. The Labute approximate surface area is 169 Å². The Morgan fingerprint density at radius 2 is 1.96 bits per heavy atom. The van der Waals surface area contributed by atoms with E-state index < -0.39 is 0 Å². The maximum absolute atomic E-state index is 6.05. The zero-order valence-electron chi connectivity index (χ0n) is 17.4. The summed E-state index contributed by atoms with van der Waals surface area (Å²) in [6.45, 7) is 8.64. The second kappa shape index (κ2) is 11.4. The molecule has 1 aromatic carbocycles. The lowest BCUT2D eigenvalue weighted by Crippen LogP contribution is -2.41. The monoisotopic (exact) mass is 389 g/mol. The Balaban J connectivity index is 1.53. The molecule has 0 aliphatic carbocycles. The number of guanidine groups is 1. The van der Waals surface area contributed by atoms with Gasteiger partial charge in [-0.15, -0.1) is 0 Å². The Hall–Kier alpha value is -1.63. The minimum absolute atomic E-state index is 0.323. The highest BCUT2D eigenvalue weighted by Crippen LogP contribution is 2.15. The molecule has 6 nitrogen and oxygen atoms in total. The first-order valence-electron chi connectivity index (χ1n) is 10.6. The van der Waals surface area contributed by atoms with Gasteiger partial charge in [0, 0.05) is 45.9 Å². The van der Waals surface area contributed by atoms with E-state index in [4.69, 9.17) is 19.2 Å². The fourth-order valence-corrected chi connectivity index (χ4v) is 3.71. The van der Waals surface area contributed by atoms with Crippen molar-refractivity contribution in [1.29, 1.82) is 0 Å². The molecule has 1 N–H and O–H groups in total. The zero-order chi connectivity index (χ0) is 19.6. The van der Waals surface area contributed by atoms with E-state index in [9.17, 15) is 0 Å². The molecule has 0 radical (unpaired) electrons. The molecule has 1 aromatic rings. The summed E-state index contributed by atoms with van der Waals surface area (Å²) in [5.41, 5.74) is 2.42. The van der Waals surface area contributed by atoms with Crippen molar-refractivity contribution in [2.45, 2.75) is 45.4 Å². The number of hydrogen-bond donors (Lipinski definition) is 1. The summed E-state index contributed by atoms with van der Waals surface area (Å²) in [7, 11) is 2.11. The summed E-state index contributed by atoms with van der Waals surface area (Å²) in [6.07, 6.45) is 3.45. The van der Waals surface area contributed by atoms with Gasteiger partial charge in [-0.1, -0.05) is 24.3 Å². The van der Waals surface area contributed by atoms with Gasteiger partial charge in [-0.05, 0) is 37.3 Å². The molecule has 3 rings (SSSR count). The van der Waals surface area contributed by atoms with Crippen LogP contribution in [0.4, 0.5) is 0 Å². The Morgan fingerprint density at radius 1 is 1.18 bits per heavy atom. The van der Waals surface area contributed by atoms with Gasteiger partial charge in [0.2, 0.25) is 0 Å². The molecule has 1 unspecified atom stereocenters. The fraction of sp³-hybridized carbons (Fsp3) is 0.682.